The number of ether oxygens (including phenoxy) is 1. The Morgan fingerprint density at radius 1 is 1.64 bits per heavy atom. The average molecular weight is 153 g/mol. The van der Waals surface area contributed by atoms with Gasteiger partial charge in [0, 0.05) is 12.1 Å². The largest absolute Gasteiger partial charge is 0.382 e. The van der Waals surface area contributed by atoms with Crippen molar-refractivity contribution in [3.63, 3.8) is 0 Å². The summed E-state index contributed by atoms with van der Waals surface area (Å²) < 4.78 is 7.14. The van der Waals surface area contributed by atoms with E-state index in [1.54, 1.807) is 0 Å². The van der Waals surface area contributed by atoms with E-state index in [0.717, 1.165) is 17.8 Å². The van der Waals surface area contributed by atoms with Crippen LogP contribution >= 0.6 is 0 Å². The molecule has 0 aromatic carbocycles. The van der Waals surface area contributed by atoms with E-state index in [1.807, 2.05) is 11.6 Å². The van der Waals surface area contributed by atoms with Crippen molar-refractivity contribution in [2.45, 2.75) is 26.7 Å². The van der Waals surface area contributed by atoms with Crippen LogP contribution in [0.15, 0.2) is 0 Å². The van der Waals surface area contributed by atoms with Crippen LogP contribution in [-0.4, -0.2) is 9.78 Å². The van der Waals surface area contributed by atoms with E-state index in [1.165, 1.54) is 0 Å². The molecule has 0 aliphatic carbocycles. The van der Waals surface area contributed by atoms with Gasteiger partial charge in [0.25, 0.3) is 0 Å². The maximum atomic E-state index is 5.66. The molecule has 4 heteroatoms. The van der Waals surface area contributed by atoms with Crippen molar-refractivity contribution in [3.05, 3.63) is 11.3 Å². The molecule has 0 saturated heterocycles. The number of nitrogens with zero attached hydrogens (tertiary/aromatic N) is 2. The Labute approximate surface area is 64.9 Å². The fourth-order valence-corrected chi connectivity index (χ4v) is 1.38. The Hall–Kier alpha value is -1.03. The monoisotopic (exact) mass is 153 g/mol. The Morgan fingerprint density at radius 3 is 3.18 bits per heavy atom. The molecule has 60 valence electrons. The fraction of sp³-hybridized carbons (Fsp3) is 0.571. The summed E-state index contributed by atoms with van der Waals surface area (Å²) in [6.07, 6.45) is 0. The first-order valence-electron chi connectivity index (χ1n) is 3.74. The second-order valence-electron chi connectivity index (χ2n) is 2.62. The third-order valence-electron chi connectivity index (χ3n) is 1.98. The molecule has 2 heterocycles. The fourth-order valence-electron chi connectivity index (χ4n) is 1.38. The molecule has 0 amide bonds. The molecule has 1 aromatic heterocycles. The Bertz CT molecular complexity index is 279. The van der Waals surface area contributed by atoms with Crippen LogP contribution in [0.5, 0.6) is 0 Å². The highest BCUT2D eigenvalue weighted by molar-refractivity contribution is 5.43. The van der Waals surface area contributed by atoms with Gasteiger partial charge in [-0.05, 0) is 6.92 Å². The molecule has 0 fully saturated rings. The van der Waals surface area contributed by atoms with Gasteiger partial charge in [0.2, 0.25) is 0 Å². The lowest BCUT2D eigenvalue weighted by Crippen LogP contribution is -2.02. The number of fused-ring (bicyclic) bond motifs is 1. The van der Waals surface area contributed by atoms with Gasteiger partial charge in [-0.2, -0.15) is 5.10 Å². The summed E-state index contributed by atoms with van der Waals surface area (Å²) in [7, 11) is 0. The molecule has 0 bridgehead atoms. The van der Waals surface area contributed by atoms with Crippen LogP contribution in [0.2, 0.25) is 0 Å². The van der Waals surface area contributed by atoms with E-state index in [2.05, 4.69) is 5.10 Å². The Kier molecular flexibility index (Phi) is 1.35. The molecule has 0 atom stereocenters. The molecule has 2 rings (SSSR count). The van der Waals surface area contributed by atoms with E-state index in [9.17, 15) is 0 Å². The summed E-state index contributed by atoms with van der Waals surface area (Å²) in [5.41, 5.74) is 7.88. The van der Waals surface area contributed by atoms with Gasteiger partial charge in [0.05, 0.1) is 18.9 Å². The highest BCUT2D eigenvalue weighted by Gasteiger charge is 2.20. The predicted octanol–water partition coefficient (Wildman–Crippen LogP) is 0.515. The zero-order chi connectivity index (χ0) is 7.84. The van der Waals surface area contributed by atoms with E-state index < -0.39 is 0 Å². The summed E-state index contributed by atoms with van der Waals surface area (Å²) in [6, 6.07) is 0. The summed E-state index contributed by atoms with van der Waals surface area (Å²) >= 11 is 0. The van der Waals surface area contributed by atoms with E-state index in [4.69, 9.17) is 10.5 Å². The molecule has 0 saturated carbocycles. The summed E-state index contributed by atoms with van der Waals surface area (Å²) in [5, 5.41) is 4.17. The van der Waals surface area contributed by atoms with Crippen molar-refractivity contribution in [2.24, 2.45) is 0 Å². The standard InChI is InChI=1S/C7H11N3O/c1-2-10-6-4-11-3-5(6)7(8)9-10/h2-4H2,1H3,(H2,8,9). The summed E-state index contributed by atoms with van der Waals surface area (Å²) in [6.45, 7) is 4.20. The van der Waals surface area contributed by atoms with E-state index in [-0.39, 0.29) is 0 Å². The lowest BCUT2D eigenvalue weighted by molar-refractivity contribution is 0.129. The van der Waals surface area contributed by atoms with Crippen LogP contribution in [0.3, 0.4) is 0 Å². The van der Waals surface area contributed by atoms with Crippen LogP contribution in [0, 0.1) is 0 Å². The molecule has 4 nitrogen and oxygen atoms in total. The van der Waals surface area contributed by atoms with E-state index in [0.29, 0.717) is 19.0 Å². The predicted molar refractivity (Wildman–Crippen MR) is 40.8 cm³/mol. The minimum Gasteiger partial charge on any atom is -0.382 e. The molecular formula is C7H11N3O. The minimum atomic E-state index is 0.624. The van der Waals surface area contributed by atoms with Gasteiger partial charge in [-0.15, -0.1) is 0 Å². The third-order valence-corrected chi connectivity index (χ3v) is 1.98. The number of aromatic nitrogens is 2. The number of rotatable bonds is 1. The molecule has 1 aliphatic heterocycles. The van der Waals surface area contributed by atoms with Crippen molar-refractivity contribution < 1.29 is 4.74 Å². The van der Waals surface area contributed by atoms with Gasteiger partial charge >= 0.3 is 0 Å². The van der Waals surface area contributed by atoms with Crippen molar-refractivity contribution in [1.29, 1.82) is 0 Å². The molecule has 1 aliphatic rings. The SMILES string of the molecule is CCn1nc(N)c2c1COC2. The maximum Gasteiger partial charge on any atom is 0.151 e. The van der Waals surface area contributed by atoms with Crippen molar-refractivity contribution in [1.82, 2.24) is 9.78 Å². The highest BCUT2D eigenvalue weighted by atomic mass is 16.5. The zero-order valence-corrected chi connectivity index (χ0v) is 6.50. The maximum absolute atomic E-state index is 5.66. The third kappa shape index (κ3) is 0.826. The molecule has 0 unspecified atom stereocenters. The van der Waals surface area contributed by atoms with E-state index >= 15 is 0 Å². The van der Waals surface area contributed by atoms with Crippen LogP contribution in [0.4, 0.5) is 5.82 Å². The molecule has 0 spiro atoms. The molecule has 11 heavy (non-hydrogen) atoms. The Morgan fingerprint density at radius 2 is 2.45 bits per heavy atom. The van der Waals surface area contributed by atoms with Gasteiger partial charge in [0.1, 0.15) is 0 Å². The number of nitrogens with two attached hydrogens (primary N) is 1. The minimum absolute atomic E-state index is 0.624. The average Bonchev–Trinajstić information content (AvgIpc) is 2.54. The van der Waals surface area contributed by atoms with Crippen LogP contribution in [0.1, 0.15) is 18.2 Å². The van der Waals surface area contributed by atoms with Crippen LogP contribution in [-0.2, 0) is 24.5 Å². The smallest absolute Gasteiger partial charge is 0.151 e. The number of hydrogen-bond donors (Lipinski definition) is 1. The van der Waals surface area contributed by atoms with Gasteiger partial charge in [-0.3, -0.25) is 4.68 Å². The van der Waals surface area contributed by atoms with Gasteiger partial charge in [-0.1, -0.05) is 0 Å². The Balaban J connectivity index is 2.52. The van der Waals surface area contributed by atoms with Crippen molar-refractivity contribution in [3.8, 4) is 0 Å². The van der Waals surface area contributed by atoms with Crippen LogP contribution < -0.4 is 5.73 Å². The lowest BCUT2D eigenvalue weighted by atomic mass is 10.3. The number of hydrogen-bond acceptors (Lipinski definition) is 3. The first-order chi connectivity index (χ1) is 5.33. The van der Waals surface area contributed by atoms with Crippen LogP contribution in [0.25, 0.3) is 0 Å². The second kappa shape index (κ2) is 2.23. The molecule has 2 N–H and O–H groups in total. The van der Waals surface area contributed by atoms with Crippen molar-refractivity contribution >= 4 is 5.82 Å². The first kappa shape index (κ1) is 6.67. The number of anilines is 1. The second-order valence-corrected chi connectivity index (χ2v) is 2.62. The number of aryl methyl sites for hydroxylation is 1. The summed E-state index contributed by atoms with van der Waals surface area (Å²) in [4.78, 5) is 0. The topological polar surface area (TPSA) is 53.1 Å². The zero-order valence-electron chi connectivity index (χ0n) is 6.50. The summed E-state index contributed by atoms with van der Waals surface area (Å²) in [5.74, 6) is 0.624. The highest BCUT2D eigenvalue weighted by Crippen LogP contribution is 2.24. The number of nitrogen functional groups attached to an aromatic ring is 1. The van der Waals surface area contributed by atoms with Gasteiger partial charge in [-0.25, -0.2) is 0 Å². The molecule has 1 aromatic rings. The first-order valence-corrected chi connectivity index (χ1v) is 3.74. The van der Waals surface area contributed by atoms with Gasteiger partial charge < -0.3 is 10.5 Å². The van der Waals surface area contributed by atoms with Gasteiger partial charge in [0.15, 0.2) is 5.82 Å². The quantitative estimate of drug-likeness (QED) is 0.639. The molecule has 0 radical (unpaired) electrons. The molecular weight excluding hydrogens is 142 g/mol. The normalized spacial score (nSPS) is 15.4. The lowest BCUT2D eigenvalue weighted by Gasteiger charge is -1.98. The van der Waals surface area contributed by atoms with Crippen molar-refractivity contribution in [2.75, 3.05) is 5.73 Å².